The van der Waals surface area contributed by atoms with Crippen LogP contribution in [0, 0.1) is 0 Å². The fraction of sp³-hybridized carbons (Fsp3) is 0.400. The first-order valence-electron chi connectivity index (χ1n) is 6.53. The van der Waals surface area contributed by atoms with Gasteiger partial charge in [0.1, 0.15) is 5.01 Å². The number of rotatable bonds is 5. The van der Waals surface area contributed by atoms with E-state index >= 15 is 0 Å². The molecule has 18 heavy (non-hydrogen) atoms. The molecule has 1 unspecified atom stereocenters. The van der Waals surface area contributed by atoms with Crippen LogP contribution in [0.1, 0.15) is 37.4 Å². The van der Waals surface area contributed by atoms with E-state index in [1.807, 2.05) is 0 Å². The number of hydrogen-bond donors (Lipinski definition) is 1. The standard InChI is InChI=1S/C15H20N2S/c1-3-11-5-7-13(8-6-11)15-17-14(10-18-15)12(4-2)9-16/h5-8,10,12H,3-4,9,16H2,1-2H3. The van der Waals surface area contributed by atoms with Gasteiger partial charge in [-0.1, -0.05) is 38.1 Å². The van der Waals surface area contributed by atoms with Crippen molar-refractivity contribution in [3.05, 3.63) is 40.9 Å². The van der Waals surface area contributed by atoms with Gasteiger partial charge in [0, 0.05) is 23.4 Å². The van der Waals surface area contributed by atoms with Crippen molar-refractivity contribution in [2.75, 3.05) is 6.54 Å². The van der Waals surface area contributed by atoms with Crippen molar-refractivity contribution < 1.29 is 0 Å². The van der Waals surface area contributed by atoms with Crippen molar-refractivity contribution in [1.82, 2.24) is 4.98 Å². The molecule has 0 spiro atoms. The molecule has 2 rings (SSSR count). The molecule has 1 aromatic heterocycles. The van der Waals surface area contributed by atoms with Crippen molar-refractivity contribution in [3.63, 3.8) is 0 Å². The largest absolute Gasteiger partial charge is 0.330 e. The summed E-state index contributed by atoms with van der Waals surface area (Å²) in [5.41, 5.74) is 9.47. The van der Waals surface area contributed by atoms with Crippen LogP contribution in [0.15, 0.2) is 29.6 Å². The van der Waals surface area contributed by atoms with Crippen LogP contribution in [0.3, 0.4) is 0 Å². The maximum absolute atomic E-state index is 5.77. The molecule has 2 nitrogen and oxygen atoms in total. The van der Waals surface area contributed by atoms with Gasteiger partial charge >= 0.3 is 0 Å². The lowest BCUT2D eigenvalue weighted by Gasteiger charge is -2.07. The molecule has 3 heteroatoms. The van der Waals surface area contributed by atoms with Gasteiger partial charge in [-0.05, 0) is 18.4 Å². The Balaban J connectivity index is 2.23. The van der Waals surface area contributed by atoms with E-state index in [4.69, 9.17) is 10.7 Å². The number of thiazole rings is 1. The Morgan fingerprint density at radius 2 is 1.94 bits per heavy atom. The molecule has 0 saturated heterocycles. The van der Waals surface area contributed by atoms with Gasteiger partial charge in [0.25, 0.3) is 0 Å². The van der Waals surface area contributed by atoms with Crippen molar-refractivity contribution >= 4 is 11.3 Å². The van der Waals surface area contributed by atoms with Crippen LogP contribution in [0.25, 0.3) is 10.6 Å². The third kappa shape index (κ3) is 2.79. The second-order valence-corrected chi connectivity index (χ2v) is 5.33. The summed E-state index contributed by atoms with van der Waals surface area (Å²) in [5.74, 6) is 0.393. The number of benzene rings is 1. The van der Waals surface area contributed by atoms with E-state index in [0.29, 0.717) is 12.5 Å². The molecule has 1 atom stereocenters. The van der Waals surface area contributed by atoms with Gasteiger partial charge in [-0.15, -0.1) is 11.3 Å². The first-order chi connectivity index (χ1) is 8.78. The third-order valence-electron chi connectivity index (χ3n) is 3.33. The van der Waals surface area contributed by atoms with Crippen LogP contribution in [0.2, 0.25) is 0 Å². The minimum Gasteiger partial charge on any atom is -0.330 e. The van der Waals surface area contributed by atoms with E-state index in [1.54, 1.807) is 11.3 Å². The Bertz CT molecular complexity index is 483. The van der Waals surface area contributed by atoms with E-state index in [2.05, 4.69) is 43.5 Å². The number of aryl methyl sites for hydroxylation is 1. The van der Waals surface area contributed by atoms with Crippen LogP contribution in [-0.4, -0.2) is 11.5 Å². The molecule has 0 aliphatic rings. The molecule has 1 heterocycles. The minimum atomic E-state index is 0.393. The Kier molecular flexibility index (Phi) is 4.50. The average molecular weight is 260 g/mol. The summed E-state index contributed by atoms with van der Waals surface area (Å²) in [6.07, 6.45) is 2.13. The number of nitrogens with zero attached hydrogens (tertiary/aromatic N) is 1. The van der Waals surface area contributed by atoms with Crippen LogP contribution in [0.4, 0.5) is 0 Å². The zero-order valence-corrected chi connectivity index (χ0v) is 11.8. The molecule has 0 radical (unpaired) electrons. The highest BCUT2D eigenvalue weighted by Gasteiger charge is 2.12. The second kappa shape index (κ2) is 6.12. The maximum Gasteiger partial charge on any atom is 0.123 e. The molecule has 1 aromatic carbocycles. The summed E-state index contributed by atoms with van der Waals surface area (Å²) in [6.45, 7) is 5.00. The molecule has 0 bridgehead atoms. The zero-order valence-electron chi connectivity index (χ0n) is 11.0. The summed E-state index contributed by atoms with van der Waals surface area (Å²) < 4.78 is 0. The lowest BCUT2D eigenvalue weighted by atomic mass is 10.0. The monoisotopic (exact) mass is 260 g/mol. The van der Waals surface area contributed by atoms with Gasteiger partial charge in [-0.25, -0.2) is 4.98 Å². The quantitative estimate of drug-likeness (QED) is 0.887. The Labute approximate surface area is 113 Å². The lowest BCUT2D eigenvalue weighted by molar-refractivity contribution is 0.659. The molecule has 0 saturated carbocycles. The summed E-state index contributed by atoms with van der Waals surface area (Å²) in [6, 6.07) is 8.67. The number of nitrogens with two attached hydrogens (primary N) is 1. The van der Waals surface area contributed by atoms with E-state index < -0.39 is 0 Å². The molecule has 0 aliphatic heterocycles. The fourth-order valence-corrected chi connectivity index (χ4v) is 2.89. The van der Waals surface area contributed by atoms with Crippen LogP contribution in [-0.2, 0) is 6.42 Å². The summed E-state index contributed by atoms with van der Waals surface area (Å²) >= 11 is 1.71. The third-order valence-corrected chi connectivity index (χ3v) is 4.24. The van der Waals surface area contributed by atoms with E-state index in [-0.39, 0.29) is 0 Å². The maximum atomic E-state index is 5.77. The van der Waals surface area contributed by atoms with Gasteiger partial charge in [0.2, 0.25) is 0 Å². The van der Waals surface area contributed by atoms with E-state index in [0.717, 1.165) is 23.5 Å². The van der Waals surface area contributed by atoms with Crippen LogP contribution >= 0.6 is 11.3 Å². The van der Waals surface area contributed by atoms with Crippen LogP contribution in [0.5, 0.6) is 0 Å². The molecule has 2 aromatic rings. The smallest absolute Gasteiger partial charge is 0.123 e. The lowest BCUT2D eigenvalue weighted by Crippen LogP contribution is -2.11. The molecule has 0 aliphatic carbocycles. The van der Waals surface area contributed by atoms with Crippen molar-refractivity contribution in [3.8, 4) is 10.6 Å². The SMILES string of the molecule is CCc1ccc(-c2nc(C(CC)CN)cs2)cc1. The highest BCUT2D eigenvalue weighted by molar-refractivity contribution is 7.13. The molecule has 2 N–H and O–H groups in total. The average Bonchev–Trinajstić information content (AvgIpc) is 2.90. The molecular formula is C15H20N2S. The normalized spacial score (nSPS) is 12.6. The van der Waals surface area contributed by atoms with E-state index in [9.17, 15) is 0 Å². The van der Waals surface area contributed by atoms with Gasteiger partial charge in [-0.2, -0.15) is 0 Å². The van der Waals surface area contributed by atoms with Gasteiger partial charge in [0.05, 0.1) is 5.69 Å². The molecule has 0 fully saturated rings. The Morgan fingerprint density at radius 1 is 1.22 bits per heavy atom. The zero-order chi connectivity index (χ0) is 13.0. The van der Waals surface area contributed by atoms with Crippen LogP contribution < -0.4 is 5.73 Å². The number of aromatic nitrogens is 1. The second-order valence-electron chi connectivity index (χ2n) is 4.47. The van der Waals surface area contributed by atoms with Gasteiger partial charge in [-0.3, -0.25) is 0 Å². The first-order valence-corrected chi connectivity index (χ1v) is 7.41. The number of hydrogen-bond acceptors (Lipinski definition) is 3. The highest BCUT2D eigenvalue weighted by Crippen LogP contribution is 2.28. The Hall–Kier alpha value is -1.19. The summed E-state index contributed by atoms with van der Waals surface area (Å²) in [4.78, 5) is 4.72. The van der Waals surface area contributed by atoms with Gasteiger partial charge < -0.3 is 5.73 Å². The minimum absolute atomic E-state index is 0.393. The molecule has 96 valence electrons. The van der Waals surface area contributed by atoms with Crippen molar-refractivity contribution in [2.24, 2.45) is 5.73 Å². The van der Waals surface area contributed by atoms with Crippen molar-refractivity contribution in [2.45, 2.75) is 32.6 Å². The molecule has 0 amide bonds. The fourth-order valence-electron chi connectivity index (χ4n) is 1.99. The topological polar surface area (TPSA) is 38.9 Å². The predicted molar refractivity (Wildman–Crippen MR) is 79.0 cm³/mol. The Morgan fingerprint density at radius 3 is 2.50 bits per heavy atom. The highest BCUT2D eigenvalue weighted by atomic mass is 32.1. The van der Waals surface area contributed by atoms with Gasteiger partial charge in [0.15, 0.2) is 0 Å². The molecular weight excluding hydrogens is 240 g/mol. The summed E-state index contributed by atoms with van der Waals surface area (Å²) in [7, 11) is 0. The predicted octanol–water partition coefficient (Wildman–Crippen LogP) is 3.82. The summed E-state index contributed by atoms with van der Waals surface area (Å²) in [5, 5.41) is 3.24. The van der Waals surface area contributed by atoms with Crippen molar-refractivity contribution in [1.29, 1.82) is 0 Å². The van der Waals surface area contributed by atoms with E-state index in [1.165, 1.54) is 11.1 Å². The first kappa shape index (κ1) is 13.2.